The number of rotatable bonds is 1. The Bertz CT molecular complexity index is 544. The van der Waals surface area contributed by atoms with Crippen LogP contribution in [0.1, 0.15) is 65.7 Å². The molecular weight excluding hydrogens is 298 g/mol. The second kappa shape index (κ2) is 5.56. The summed E-state index contributed by atoms with van der Waals surface area (Å²) < 4.78 is 0. The van der Waals surface area contributed by atoms with E-state index < -0.39 is 0 Å². The summed E-state index contributed by atoms with van der Waals surface area (Å²) in [5.74, 6) is 2.37. The Kier molecular flexibility index (Phi) is 3.95. The molecule has 0 aliphatic heterocycles. The van der Waals surface area contributed by atoms with Crippen LogP contribution in [0.25, 0.3) is 0 Å². The zero-order chi connectivity index (χ0) is 17.3. The third-order valence-corrected chi connectivity index (χ3v) is 8.75. The molecule has 9 atom stereocenters. The summed E-state index contributed by atoms with van der Waals surface area (Å²) in [6.45, 7) is 6.81. The van der Waals surface area contributed by atoms with E-state index in [0.29, 0.717) is 23.7 Å². The molecule has 0 amide bonds. The normalized spacial score (nSPS) is 55.2. The van der Waals surface area contributed by atoms with Gasteiger partial charge < -0.3 is 15.9 Å². The van der Waals surface area contributed by atoms with Crippen LogP contribution in [0.4, 0.5) is 0 Å². The molecule has 136 valence electrons. The van der Waals surface area contributed by atoms with E-state index in [9.17, 15) is 10.2 Å². The van der Waals surface area contributed by atoms with Crippen LogP contribution in [0, 0.1) is 34.5 Å². The van der Waals surface area contributed by atoms with Crippen molar-refractivity contribution in [1.29, 1.82) is 0 Å². The predicted molar refractivity (Wildman–Crippen MR) is 96.2 cm³/mol. The molecule has 4 N–H and O–H groups in total. The number of aliphatic hydroxyl groups excluding tert-OH is 2. The van der Waals surface area contributed by atoms with E-state index in [1.165, 1.54) is 18.4 Å². The Morgan fingerprint density at radius 2 is 1.96 bits per heavy atom. The van der Waals surface area contributed by atoms with Gasteiger partial charge in [-0.2, -0.15) is 0 Å². The lowest BCUT2D eigenvalue weighted by Gasteiger charge is -2.61. The summed E-state index contributed by atoms with van der Waals surface area (Å²) in [5.41, 5.74) is 8.72. The molecular formula is C21H35NO2. The van der Waals surface area contributed by atoms with Gasteiger partial charge in [0.1, 0.15) is 0 Å². The molecule has 3 heteroatoms. The quantitative estimate of drug-likeness (QED) is 0.645. The van der Waals surface area contributed by atoms with Crippen LogP contribution >= 0.6 is 0 Å². The number of fused-ring (bicyclic) bond motifs is 5. The van der Waals surface area contributed by atoms with Crippen molar-refractivity contribution >= 4 is 0 Å². The SMILES string of the molecule is C[C@H](O)[C@H]1CC[C@H]2[C@@H]3CCC4=CC(O)CC[C@]4(C)[C@H]3[C@@H](N)C[C@]12C. The summed E-state index contributed by atoms with van der Waals surface area (Å²) in [6, 6.07) is 0.222. The molecule has 4 aliphatic carbocycles. The zero-order valence-corrected chi connectivity index (χ0v) is 15.5. The number of aliphatic hydroxyl groups is 2. The lowest BCUT2D eigenvalue weighted by atomic mass is 9.45. The van der Waals surface area contributed by atoms with E-state index in [2.05, 4.69) is 19.9 Å². The third-order valence-electron chi connectivity index (χ3n) is 8.75. The first kappa shape index (κ1) is 17.1. The Balaban J connectivity index is 1.70. The minimum atomic E-state index is -0.249. The summed E-state index contributed by atoms with van der Waals surface area (Å²) in [5, 5.41) is 20.4. The van der Waals surface area contributed by atoms with Crippen molar-refractivity contribution < 1.29 is 10.2 Å². The van der Waals surface area contributed by atoms with Gasteiger partial charge in [0.05, 0.1) is 12.2 Å². The fraction of sp³-hybridized carbons (Fsp3) is 0.905. The molecule has 3 saturated carbocycles. The molecule has 0 saturated heterocycles. The number of hydrogen-bond donors (Lipinski definition) is 3. The van der Waals surface area contributed by atoms with Gasteiger partial charge in [-0.3, -0.25) is 0 Å². The lowest BCUT2D eigenvalue weighted by Crippen LogP contribution is -2.59. The van der Waals surface area contributed by atoms with Gasteiger partial charge in [-0.1, -0.05) is 25.5 Å². The summed E-state index contributed by atoms with van der Waals surface area (Å²) >= 11 is 0. The molecule has 0 aromatic carbocycles. The van der Waals surface area contributed by atoms with Crippen LogP contribution in [0.2, 0.25) is 0 Å². The largest absolute Gasteiger partial charge is 0.393 e. The number of allylic oxidation sites excluding steroid dienone is 1. The fourth-order valence-electron chi connectivity index (χ4n) is 7.81. The highest BCUT2D eigenvalue weighted by molar-refractivity contribution is 5.27. The van der Waals surface area contributed by atoms with Gasteiger partial charge in [-0.05, 0) is 86.4 Å². The van der Waals surface area contributed by atoms with Gasteiger partial charge in [0.2, 0.25) is 0 Å². The molecule has 0 aromatic heterocycles. The summed E-state index contributed by atoms with van der Waals surface area (Å²) in [6.07, 6.45) is 9.47. The lowest BCUT2D eigenvalue weighted by molar-refractivity contribution is -0.0834. The Hall–Kier alpha value is -0.380. The molecule has 24 heavy (non-hydrogen) atoms. The monoisotopic (exact) mass is 333 g/mol. The van der Waals surface area contributed by atoms with Gasteiger partial charge in [0.15, 0.2) is 0 Å². The predicted octanol–water partition coefficient (Wildman–Crippen LogP) is 3.24. The van der Waals surface area contributed by atoms with E-state index in [4.69, 9.17) is 5.73 Å². The van der Waals surface area contributed by atoms with Crippen molar-refractivity contribution in [3.63, 3.8) is 0 Å². The highest BCUT2D eigenvalue weighted by Crippen LogP contribution is 2.66. The molecule has 0 heterocycles. The van der Waals surface area contributed by atoms with E-state index in [-0.39, 0.29) is 29.1 Å². The summed E-state index contributed by atoms with van der Waals surface area (Å²) in [7, 11) is 0. The van der Waals surface area contributed by atoms with Gasteiger partial charge in [0.25, 0.3) is 0 Å². The first-order valence-corrected chi connectivity index (χ1v) is 10.1. The fourth-order valence-corrected chi connectivity index (χ4v) is 7.81. The van der Waals surface area contributed by atoms with Crippen molar-refractivity contribution in [1.82, 2.24) is 0 Å². The van der Waals surface area contributed by atoms with Crippen LogP contribution < -0.4 is 5.73 Å². The highest BCUT2D eigenvalue weighted by Gasteiger charge is 2.61. The maximum atomic E-state index is 10.3. The standard InChI is InChI=1S/C21H35NO2/c1-12(23)16-6-7-17-15-5-4-13-10-14(24)8-9-20(13,2)19(15)18(22)11-21(16,17)3/h10,12,14-19,23-24H,4-9,11,22H2,1-3H3/t12-,14?,15-,16+,17-,18-,19+,20-,21+/m0/s1. The summed E-state index contributed by atoms with van der Waals surface area (Å²) in [4.78, 5) is 0. The van der Waals surface area contributed by atoms with Crippen molar-refractivity contribution in [2.75, 3.05) is 0 Å². The van der Waals surface area contributed by atoms with Crippen LogP contribution in [0.15, 0.2) is 11.6 Å². The van der Waals surface area contributed by atoms with Gasteiger partial charge in [-0.25, -0.2) is 0 Å². The Morgan fingerprint density at radius 3 is 2.67 bits per heavy atom. The van der Waals surface area contributed by atoms with Gasteiger partial charge in [0, 0.05) is 6.04 Å². The Labute approximate surface area is 146 Å². The first-order chi connectivity index (χ1) is 11.3. The molecule has 1 unspecified atom stereocenters. The first-order valence-electron chi connectivity index (χ1n) is 10.1. The minimum Gasteiger partial charge on any atom is -0.393 e. The van der Waals surface area contributed by atoms with Gasteiger partial charge >= 0.3 is 0 Å². The van der Waals surface area contributed by atoms with Crippen LogP contribution in [-0.2, 0) is 0 Å². The molecule has 3 fully saturated rings. The number of nitrogens with two attached hydrogens (primary N) is 1. The molecule has 0 radical (unpaired) electrons. The van der Waals surface area contributed by atoms with Gasteiger partial charge in [-0.15, -0.1) is 0 Å². The number of hydrogen-bond acceptors (Lipinski definition) is 3. The van der Waals surface area contributed by atoms with E-state index in [0.717, 1.165) is 32.1 Å². The molecule has 0 spiro atoms. The van der Waals surface area contributed by atoms with Crippen LogP contribution in [0.5, 0.6) is 0 Å². The maximum Gasteiger partial charge on any atom is 0.0724 e. The second-order valence-electron chi connectivity index (χ2n) is 9.85. The molecule has 4 rings (SSSR count). The van der Waals surface area contributed by atoms with E-state index in [1.54, 1.807) is 0 Å². The van der Waals surface area contributed by atoms with E-state index >= 15 is 0 Å². The average Bonchev–Trinajstić information content (AvgIpc) is 2.84. The molecule has 4 aliphatic rings. The zero-order valence-electron chi connectivity index (χ0n) is 15.5. The average molecular weight is 334 g/mol. The smallest absolute Gasteiger partial charge is 0.0724 e. The van der Waals surface area contributed by atoms with Crippen molar-refractivity contribution in [3.05, 3.63) is 11.6 Å². The van der Waals surface area contributed by atoms with Crippen LogP contribution in [0.3, 0.4) is 0 Å². The highest BCUT2D eigenvalue weighted by atomic mass is 16.3. The van der Waals surface area contributed by atoms with Crippen molar-refractivity contribution in [2.45, 2.75) is 84.0 Å². The maximum absolute atomic E-state index is 10.3. The molecule has 3 nitrogen and oxygen atoms in total. The van der Waals surface area contributed by atoms with E-state index in [1.807, 2.05) is 6.92 Å². The second-order valence-corrected chi connectivity index (χ2v) is 9.85. The third kappa shape index (κ3) is 2.20. The Morgan fingerprint density at radius 1 is 1.21 bits per heavy atom. The topological polar surface area (TPSA) is 66.5 Å². The minimum absolute atomic E-state index is 0.186. The van der Waals surface area contributed by atoms with Crippen molar-refractivity contribution in [3.8, 4) is 0 Å². The molecule has 0 aromatic rings. The van der Waals surface area contributed by atoms with Crippen molar-refractivity contribution in [2.24, 2.45) is 40.2 Å². The van der Waals surface area contributed by atoms with Crippen LogP contribution in [-0.4, -0.2) is 28.5 Å². The molecule has 0 bridgehead atoms.